The number of benzene rings is 1. The molecule has 0 radical (unpaired) electrons. The van der Waals surface area contributed by atoms with Crippen LogP contribution in [0.4, 0.5) is 0 Å². The second kappa shape index (κ2) is 4.96. The number of ether oxygens (including phenoxy) is 1. The summed E-state index contributed by atoms with van der Waals surface area (Å²) >= 11 is 0. The van der Waals surface area contributed by atoms with Gasteiger partial charge >= 0.3 is 0 Å². The van der Waals surface area contributed by atoms with Crippen LogP contribution in [0.15, 0.2) is 24.4 Å². The van der Waals surface area contributed by atoms with Crippen LogP contribution in [-0.4, -0.2) is 16.4 Å². The molecule has 0 N–H and O–H groups in total. The molecule has 2 fully saturated rings. The summed E-state index contributed by atoms with van der Waals surface area (Å²) in [6.45, 7) is 0.844. The molecular formula is C17H18N2O. The maximum atomic E-state index is 5.82. The molecule has 20 heavy (non-hydrogen) atoms. The van der Waals surface area contributed by atoms with Crippen LogP contribution < -0.4 is 0 Å². The van der Waals surface area contributed by atoms with Crippen molar-refractivity contribution in [3.63, 3.8) is 0 Å². The van der Waals surface area contributed by atoms with E-state index in [2.05, 4.69) is 35.1 Å². The summed E-state index contributed by atoms with van der Waals surface area (Å²) in [4.78, 5) is 0. The lowest BCUT2D eigenvalue weighted by Crippen LogP contribution is -2.18. The zero-order chi connectivity index (χ0) is 13.4. The Morgan fingerprint density at radius 3 is 2.95 bits per heavy atom. The van der Waals surface area contributed by atoms with Gasteiger partial charge in [0.2, 0.25) is 0 Å². The molecule has 1 aromatic carbocycles. The van der Waals surface area contributed by atoms with Gasteiger partial charge in [0.25, 0.3) is 0 Å². The number of hydrogen-bond acceptors (Lipinski definition) is 2. The topological polar surface area (TPSA) is 27.1 Å². The summed E-state index contributed by atoms with van der Waals surface area (Å²) in [7, 11) is 0. The molecule has 102 valence electrons. The van der Waals surface area contributed by atoms with E-state index < -0.39 is 0 Å². The lowest BCUT2D eigenvalue weighted by Gasteiger charge is -2.23. The number of fused-ring (bicyclic) bond motifs is 1. The minimum Gasteiger partial charge on any atom is -0.356 e. The van der Waals surface area contributed by atoms with Gasteiger partial charge in [-0.05, 0) is 50.3 Å². The maximum Gasteiger partial charge on any atom is 0.150 e. The van der Waals surface area contributed by atoms with Crippen molar-refractivity contribution in [3.05, 3.63) is 30.0 Å². The van der Waals surface area contributed by atoms with Gasteiger partial charge in [0.15, 0.2) is 6.23 Å². The third kappa shape index (κ3) is 2.32. The average Bonchev–Trinajstić information content (AvgIpc) is 3.24. The third-order valence-corrected chi connectivity index (χ3v) is 4.02. The Balaban J connectivity index is 1.65. The summed E-state index contributed by atoms with van der Waals surface area (Å²) in [5.74, 6) is 7.22. The Labute approximate surface area is 118 Å². The van der Waals surface area contributed by atoms with Gasteiger partial charge in [-0.1, -0.05) is 11.8 Å². The summed E-state index contributed by atoms with van der Waals surface area (Å²) in [5, 5.41) is 5.67. The van der Waals surface area contributed by atoms with Crippen molar-refractivity contribution in [1.29, 1.82) is 0 Å². The summed E-state index contributed by atoms with van der Waals surface area (Å²) in [5.41, 5.74) is 2.24. The number of nitrogens with zero attached hydrogens (tertiary/aromatic N) is 2. The molecular weight excluding hydrogens is 248 g/mol. The van der Waals surface area contributed by atoms with E-state index in [1.807, 2.05) is 10.9 Å². The molecule has 1 aliphatic carbocycles. The largest absolute Gasteiger partial charge is 0.356 e. The van der Waals surface area contributed by atoms with Gasteiger partial charge in [-0.3, -0.25) is 0 Å². The van der Waals surface area contributed by atoms with Gasteiger partial charge in [0.05, 0.1) is 11.7 Å². The Morgan fingerprint density at radius 1 is 1.20 bits per heavy atom. The van der Waals surface area contributed by atoms with E-state index in [0.717, 1.165) is 35.9 Å². The molecule has 1 unspecified atom stereocenters. The van der Waals surface area contributed by atoms with E-state index in [0.29, 0.717) is 5.92 Å². The van der Waals surface area contributed by atoms with Crippen molar-refractivity contribution in [1.82, 2.24) is 9.78 Å². The quantitative estimate of drug-likeness (QED) is 0.739. The molecule has 0 bridgehead atoms. The van der Waals surface area contributed by atoms with E-state index >= 15 is 0 Å². The van der Waals surface area contributed by atoms with Crippen LogP contribution in [0.5, 0.6) is 0 Å². The highest BCUT2D eigenvalue weighted by Crippen LogP contribution is 2.28. The molecule has 2 aromatic rings. The van der Waals surface area contributed by atoms with E-state index in [1.54, 1.807) is 0 Å². The van der Waals surface area contributed by atoms with Crippen LogP contribution in [0.25, 0.3) is 10.9 Å². The van der Waals surface area contributed by atoms with Gasteiger partial charge in [-0.15, -0.1) is 0 Å². The Morgan fingerprint density at radius 2 is 2.15 bits per heavy atom. The Bertz CT molecular complexity index is 682. The smallest absolute Gasteiger partial charge is 0.150 e. The molecule has 3 nitrogen and oxygen atoms in total. The SMILES string of the molecule is C(#CC1CC1)c1ccc2c(cnn2C2CCCCO2)c1. The van der Waals surface area contributed by atoms with Crippen molar-refractivity contribution >= 4 is 10.9 Å². The van der Waals surface area contributed by atoms with Gasteiger partial charge in [-0.25, -0.2) is 4.68 Å². The average molecular weight is 266 g/mol. The van der Waals surface area contributed by atoms with E-state index in [-0.39, 0.29) is 6.23 Å². The van der Waals surface area contributed by atoms with Crippen LogP contribution in [0.2, 0.25) is 0 Å². The molecule has 2 aliphatic rings. The van der Waals surface area contributed by atoms with Gasteiger partial charge in [-0.2, -0.15) is 5.10 Å². The minimum atomic E-state index is 0.102. The van der Waals surface area contributed by atoms with Crippen LogP contribution >= 0.6 is 0 Å². The first-order valence-corrected chi connectivity index (χ1v) is 7.50. The molecule has 1 saturated heterocycles. The van der Waals surface area contributed by atoms with Crippen LogP contribution in [0.3, 0.4) is 0 Å². The second-order valence-electron chi connectivity index (χ2n) is 5.73. The molecule has 1 atom stereocenters. The molecule has 4 rings (SSSR count). The lowest BCUT2D eigenvalue weighted by molar-refractivity contribution is -0.0366. The van der Waals surface area contributed by atoms with Gasteiger partial charge in [0, 0.05) is 23.5 Å². The third-order valence-electron chi connectivity index (χ3n) is 4.02. The molecule has 2 heterocycles. The minimum absolute atomic E-state index is 0.102. The molecule has 0 spiro atoms. The Kier molecular flexibility index (Phi) is 2.97. The molecule has 1 saturated carbocycles. The zero-order valence-corrected chi connectivity index (χ0v) is 11.5. The second-order valence-corrected chi connectivity index (χ2v) is 5.73. The summed E-state index contributed by atoms with van der Waals surface area (Å²) < 4.78 is 7.84. The normalized spacial score (nSPS) is 22.5. The molecule has 1 aliphatic heterocycles. The highest BCUT2D eigenvalue weighted by Gasteiger charge is 2.19. The number of aromatic nitrogens is 2. The van der Waals surface area contributed by atoms with Crippen molar-refractivity contribution in [2.45, 2.75) is 38.3 Å². The molecule has 1 aromatic heterocycles. The van der Waals surface area contributed by atoms with Crippen molar-refractivity contribution in [2.75, 3.05) is 6.61 Å². The number of rotatable bonds is 1. The van der Waals surface area contributed by atoms with Crippen molar-refractivity contribution < 1.29 is 4.74 Å². The van der Waals surface area contributed by atoms with E-state index in [4.69, 9.17) is 4.74 Å². The fourth-order valence-corrected chi connectivity index (χ4v) is 2.69. The highest BCUT2D eigenvalue weighted by atomic mass is 16.5. The van der Waals surface area contributed by atoms with Gasteiger partial charge in [0.1, 0.15) is 0 Å². The van der Waals surface area contributed by atoms with E-state index in [1.165, 1.54) is 19.3 Å². The first-order chi connectivity index (χ1) is 9.90. The van der Waals surface area contributed by atoms with Crippen LogP contribution in [-0.2, 0) is 4.74 Å². The van der Waals surface area contributed by atoms with Crippen molar-refractivity contribution in [2.24, 2.45) is 5.92 Å². The first-order valence-electron chi connectivity index (χ1n) is 7.50. The van der Waals surface area contributed by atoms with E-state index in [9.17, 15) is 0 Å². The fraction of sp³-hybridized carbons (Fsp3) is 0.471. The number of hydrogen-bond donors (Lipinski definition) is 0. The molecule has 0 amide bonds. The summed E-state index contributed by atoms with van der Waals surface area (Å²) in [6.07, 6.45) is 8.01. The predicted molar refractivity (Wildman–Crippen MR) is 78.2 cm³/mol. The monoisotopic (exact) mass is 266 g/mol. The molecule has 3 heteroatoms. The summed E-state index contributed by atoms with van der Waals surface area (Å²) in [6, 6.07) is 6.35. The zero-order valence-electron chi connectivity index (χ0n) is 11.5. The Hall–Kier alpha value is -1.79. The predicted octanol–water partition coefficient (Wildman–Crippen LogP) is 3.50. The first kappa shape index (κ1) is 12.0. The van der Waals surface area contributed by atoms with Gasteiger partial charge < -0.3 is 4.74 Å². The fourth-order valence-electron chi connectivity index (χ4n) is 2.69. The lowest BCUT2D eigenvalue weighted by atomic mass is 10.1. The van der Waals surface area contributed by atoms with Crippen LogP contribution in [0.1, 0.15) is 43.9 Å². The maximum absolute atomic E-state index is 5.82. The highest BCUT2D eigenvalue weighted by molar-refractivity contribution is 5.80. The van der Waals surface area contributed by atoms with Crippen molar-refractivity contribution in [3.8, 4) is 11.8 Å². The van der Waals surface area contributed by atoms with Crippen LogP contribution in [0, 0.1) is 17.8 Å². The standard InChI is InChI=1S/C17H18N2O/c1-2-10-20-17(3-1)19-16-9-8-14(7-6-13-4-5-13)11-15(16)12-18-19/h8-9,11-13,17H,1-5,10H2.